The molecule has 3 heteroatoms. The van der Waals surface area contributed by atoms with E-state index in [9.17, 15) is 0 Å². The van der Waals surface area contributed by atoms with Crippen LogP contribution in [0, 0.1) is 3.57 Å². The van der Waals surface area contributed by atoms with Crippen LogP contribution in [0.2, 0.25) is 6.04 Å². The molecule has 0 fully saturated rings. The summed E-state index contributed by atoms with van der Waals surface area (Å²) in [6.07, 6.45) is 1.10. The highest BCUT2D eigenvalue weighted by Crippen LogP contribution is 2.19. The molecule has 1 aromatic carbocycles. The van der Waals surface area contributed by atoms with Crippen LogP contribution < -0.4 is 0 Å². The maximum Gasteiger partial charge on any atom is 0.0225 e. The molecule has 11 heavy (non-hydrogen) atoms. The zero-order valence-corrected chi connectivity index (χ0v) is 10.6. The van der Waals surface area contributed by atoms with Crippen LogP contribution in [0.5, 0.6) is 0 Å². The van der Waals surface area contributed by atoms with Crippen molar-refractivity contribution in [2.45, 2.75) is 12.5 Å². The van der Waals surface area contributed by atoms with Gasteiger partial charge < -0.3 is 0 Å². The van der Waals surface area contributed by atoms with E-state index in [-0.39, 0.29) is 0 Å². The van der Waals surface area contributed by atoms with E-state index in [2.05, 4.69) is 67.0 Å². The highest BCUT2D eigenvalue weighted by molar-refractivity contribution is 14.1. The monoisotopic (exact) mass is 337 g/mol. The van der Waals surface area contributed by atoms with Crippen LogP contribution in [-0.2, 0) is 6.42 Å². The van der Waals surface area contributed by atoms with Crippen molar-refractivity contribution >= 4 is 48.8 Å². The molecule has 1 aromatic rings. The summed E-state index contributed by atoms with van der Waals surface area (Å²) >= 11 is 5.79. The first kappa shape index (κ1) is 9.73. The summed E-state index contributed by atoms with van der Waals surface area (Å²) in [6.45, 7) is 0. The summed E-state index contributed by atoms with van der Waals surface area (Å²) in [7, 11) is 3.47. The second kappa shape index (κ2) is 4.62. The van der Waals surface area contributed by atoms with Crippen LogP contribution >= 0.6 is 38.5 Å². The predicted molar refractivity (Wildman–Crippen MR) is 61.1 cm³/mol. The Balaban J connectivity index is 2.90. The summed E-state index contributed by atoms with van der Waals surface area (Å²) in [6, 6.07) is 7.40. The minimum Gasteiger partial charge on any atom is -0.0597 e. The molecule has 0 heterocycles. The molecule has 0 saturated carbocycles. The van der Waals surface area contributed by atoms with Gasteiger partial charge in [0, 0.05) is 18.3 Å². The largest absolute Gasteiger partial charge is 0.0597 e. The molecular weight excluding hydrogens is 331 g/mol. The fraction of sp³-hybridized carbons (Fsp3) is 0.250. The van der Waals surface area contributed by atoms with Crippen molar-refractivity contribution in [3.8, 4) is 0 Å². The quantitative estimate of drug-likeness (QED) is 0.574. The molecule has 3 radical (unpaired) electrons. The summed E-state index contributed by atoms with van der Waals surface area (Å²) in [5, 5.41) is 0. The Morgan fingerprint density at radius 2 is 2.18 bits per heavy atom. The first-order chi connectivity index (χ1) is 5.24. The van der Waals surface area contributed by atoms with E-state index in [4.69, 9.17) is 0 Å². The van der Waals surface area contributed by atoms with Crippen LogP contribution in [0.1, 0.15) is 5.56 Å². The molecule has 0 N–H and O–H groups in total. The van der Waals surface area contributed by atoms with Gasteiger partial charge in [-0.05, 0) is 46.7 Å². The van der Waals surface area contributed by atoms with Gasteiger partial charge in [0.2, 0.25) is 0 Å². The molecule has 0 aromatic heterocycles. The average molecular weight is 338 g/mol. The number of benzene rings is 1. The Morgan fingerprint density at radius 1 is 1.45 bits per heavy atom. The minimum absolute atomic E-state index is 1.03. The second-order valence-electron chi connectivity index (χ2n) is 2.24. The molecule has 1 rings (SSSR count). The van der Waals surface area contributed by atoms with Gasteiger partial charge in [-0.25, -0.2) is 0 Å². The molecule has 0 unspecified atom stereocenters. The Labute approximate surface area is 92.5 Å². The van der Waals surface area contributed by atoms with Crippen molar-refractivity contribution in [2.24, 2.45) is 0 Å². The summed E-state index contributed by atoms with van der Waals surface area (Å²) in [4.78, 5) is 0. The molecule has 0 saturated heterocycles. The fourth-order valence-corrected chi connectivity index (χ4v) is 2.70. The van der Waals surface area contributed by atoms with Gasteiger partial charge in [0.1, 0.15) is 0 Å². The third kappa shape index (κ3) is 2.87. The van der Waals surface area contributed by atoms with Crippen molar-refractivity contribution in [2.75, 3.05) is 0 Å². The maximum absolute atomic E-state index is 3.47. The van der Waals surface area contributed by atoms with E-state index >= 15 is 0 Å². The Hall–Kier alpha value is 0.647. The van der Waals surface area contributed by atoms with Gasteiger partial charge in [0.05, 0.1) is 0 Å². The molecule has 57 valence electrons. The van der Waals surface area contributed by atoms with Crippen LogP contribution in [0.3, 0.4) is 0 Å². The maximum atomic E-state index is 3.47. The Morgan fingerprint density at radius 3 is 2.73 bits per heavy atom. The molecule has 0 aliphatic carbocycles. The van der Waals surface area contributed by atoms with E-state index in [1.807, 2.05) is 0 Å². The molecule has 0 spiro atoms. The van der Waals surface area contributed by atoms with E-state index in [1.54, 1.807) is 0 Å². The predicted octanol–water partition coefficient (Wildman–Crippen LogP) is 3.18. The van der Waals surface area contributed by atoms with Gasteiger partial charge >= 0.3 is 0 Å². The fourth-order valence-electron chi connectivity index (χ4n) is 0.859. The lowest BCUT2D eigenvalue weighted by Crippen LogP contribution is -1.87. The molecule has 0 amide bonds. The summed E-state index contributed by atoms with van der Waals surface area (Å²) < 4.78 is 2.48. The molecular formula is C8H7BrISi. The average Bonchev–Trinajstić information content (AvgIpc) is 1.95. The van der Waals surface area contributed by atoms with E-state index in [0.717, 1.165) is 16.9 Å². The topological polar surface area (TPSA) is 0 Å². The van der Waals surface area contributed by atoms with Gasteiger partial charge in [0.15, 0.2) is 0 Å². The minimum atomic E-state index is 1.03. The standard InChI is InChI=1S/C8H7BrISi/c9-7-2-1-6(3-4-11)8(10)5-7/h1-2,5H,3-4H2. The lowest BCUT2D eigenvalue weighted by Gasteiger charge is -2.01. The van der Waals surface area contributed by atoms with Gasteiger partial charge in [-0.3, -0.25) is 0 Å². The zero-order chi connectivity index (χ0) is 8.27. The highest BCUT2D eigenvalue weighted by Gasteiger charge is 1.97. The van der Waals surface area contributed by atoms with Crippen molar-refractivity contribution in [1.82, 2.24) is 0 Å². The van der Waals surface area contributed by atoms with Crippen LogP contribution in [-0.4, -0.2) is 10.2 Å². The number of hydrogen-bond acceptors (Lipinski definition) is 0. The molecule has 0 nitrogen and oxygen atoms in total. The third-order valence-corrected chi connectivity index (χ3v) is 3.16. The zero-order valence-electron chi connectivity index (χ0n) is 5.90. The molecule has 0 aliphatic heterocycles. The second-order valence-corrected chi connectivity index (χ2v) is 4.81. The molecule has 0 atom stereocenters. The number of halogens is 2. The van der Waals surface area contributed by atoms with E-state index in [0.29, 0.717) is 0 Å². The van der Waals surface area contributed by atoms with Gasteiger partial charge in [0.25, 0.3) is 0 Å². The van der Waals surface area contributed by atoms with Gasteiger partial charge in [-0.1, -0.05) is 28.0 Å². The highest BCUT2D eigenvalue weighted by atomic mass is 127. The van der Waals surface area contributed by atoms with Crippen molar-refractivity contribution < 1.29 is 0 Å². The molecule has 0 aliphatic rings. The van der Waals surface area contributed by atoms with Crippen molar-refractivity contribution in [1.29, 1.82) is 0 Å². The number of rotatable bonds is 2. The Kier molecular flexibility index (Phi) is 4.09. The smallest absolute Gasteiger partial charge is 0.0225 e. The SMILES string of the molecule is [Si]CCc1ccc(Br)cc1I. The van der Waals surface area contributed by atoms with Crippen molar-refractivity contribution in [3.63, 3.8) is 0 Å². The summed E-state index contributed by atoms with van der Waals surface area (Å²) in [5.41, 5.74) is 1.41. The van der Waals surface area contributed by atoms with Crippen molar-refractivity contribution in [3.05, 3.63) is 31.8 Å². The first-order valence-corrected chi connectivity index (χ1v) is 5.90. The lowest BCUT2D eigenvalue weighted by atomic mass is 10.2. The number of aryl methyl sites for hydroxylation is 1. The van der Waals surface area contributed by atoms with Crippen LogP contribution in [0.4, 0.5) is 0 Å². The van der Waals surface area contributed by atoms with Crippen LogP contribution in [0.25, 0.3) is 0 Å². The van der Waals surface area contributed by atoms with Gasteiger partial charge in [-0.15, -0.1) is 0 Å². The van der Waals surface area contributed by atoms with E-state index in [1.165, 1.54) is 9.13 Å². The first-order valence-electron chi connectivity index (χ1n) is 3.32. The number of hydrogen-bond donors (Lipinski definition) is 0. The van der Waals surface area contributed by atoms with Gasteiger partial charge in [-0.2, -0.15) is 0 Å². The molecule has 0 bridgehead atoms. The van der Waals surface area contributed by atoms with Crippen LogP contribution in [0.15, 0.2) is 22.7 Å². The third-order valence-electron chi connectivity index (χ3n) is 1.41. The summed E-state index contributed by atoms with van der Waals surface area (Å²) in [5.74, 6) is 0. The van der Waals surface area contributed by atoms with E-state index < -0.39 is 0 Å². The Bertz CT molecular complexity index is 250. The lowest BCUT2D eigenvalue weighted by molar-refractivity contribution is 1.12. The normalized spacial score (nSPS) is 10.1.